The molecule has 1 amide bonds. The normalized spacial score (nSPS) is 12.6. The molecule has 1 aromatic carbocycles. The fourth-order valence-electron chi connectivity index (χ4n) is 1.60. The lowest BCUT2D eigenvalue weighted by molar-refractivity contribution is -0.161. The Kier molecular flexibility index (Phi) is 4.36. The monoisotopic (exact) mass is 283 g/mol. The minimum atomic E-state index is -1.72. The van der Waals surface area contributed by atoms with E-state index < -0.39 is 11.7 Å². The topological polar surface area (TPSA) is 84.2 Å². The summed E-state index contributed by atoms with van der Waals surface area (Å²) in [5.74, 6) is -1.79. The number of rotatable bonds is 5. The number of carbonyl (C=O) groups is 1. The van der Waals surface area contributed by atoms with Gasteiger partial charge in [0.1, 0.15) is 5.75 Å². The second-order valence-electron chi connectivity index (χ2n) is 4.20. The van der Waals surface area contributed by atoms with Crippen LogP contribution < -0.4 is 14.8 Å². The molecule has 1 aromatic heterocycles. The van der Waals surface area contributed by atoms with Gasteiger partial charge in [-0.25, -0.2) is 4.98 Å². The zero-order valence-electron chi connectivity index (χ0n) is 11.3. The summed E-state index contributed by atoms with van der Waals surface area (Å²) in [5, 5.41) is 10.6. The molecule has 6 nitrogen and oxygen atoms in total. The van der Waals surface area contributed by atoms with Gasteiger partial charge in [0, 0.05) is 19.2 Å². The van der Waals surface area contributed by atoms with Crippen LogP contribution in [0.1, 0.15) is 6.92 Å². The second-order valence-corrected chi connectivity index (χ2v) is 4.20. The zero-order valence-corrected chi connectivity index (χ0v) is 11.3. The van der Waals surface area contributed by atoms with E-state index in [1.807, 2.05) is 11.4 Å². The zero-order chi connectivity index (χ0) is 15.1. The fourth-order valence-corrected chi connectivity index (χ4v) is 1.60. The van der Waals surface area contributed by atoms with Gasteiger partial charge in [-0.3, -0.25) is 10.1 Å². The minimum Gasteiger partial charge on any atom is -0.444 e. The molecule has 0 saturated carbocycles. The Morgan fingerprint density at radius 2 is 1.90 bits per heavy atom. The maximum atomic E-state index is 12.1. The Hall–Kier alpha value is -3.07. The van der Waals surface area contributed by atoms with Crippen LogP contribution in [0.15, 0.2) is 54.7 Å². The molecule has 6 heteroatoms. The van der Waals surface area contributed by atoms with Crippen molar-refractivity contribution < 1.29 is 14.3 Å². The van der Waals surface area contributed by atoms with Crippen molar-refractivity contribution in [3.8, 4) is 17.8 Å². The Morgan fingerprint density at radius 3 is 2.52 bits per heavy atom. The van der Waals surface area contributed by atoms with Crippen LogP contribution in [0.3, 0.4) is 0 Å². The predicted molar refractivity (Wildman–Crippen MR) is 74.1 cm³/mol. The molecule has 0 aliphatic carbocycles. The van der Waals surface area contributed by atoms with Gasteiger partial charge in [0.2, 0.25) is 5.88 Å². The van der Waals surface area contributed by atoms with Crippen LogP contribution in [0.25, 0.3) is 0 Å². The molecule has 2 aromatic rings. The summed E-state index contributed by atoms with van der Waals surface area (Å²) in [4.78, 5) is 16.0. The van der Waals surface area contributed by atoms with Crippen molar-refractivity contribution in [3.63, 3.8) is 0 Å². The van der Waals surface area contributed by atoms with Gasteiger partial charge in [0.05, 0.1) is 0 Å². The molecule has 0 bridgehead atoms. The highest BCUT2D eigenvalue weighted by Gasteiger charge is 2.39. The third kappa shape index (κ3) is 3.70. The van der Waals surface area contributed by atoms with Crippen LogP contribution in [-0.4, -0.2) is 16.7 Å². The molecule has 0 saturated heterocycles. The smallest absolute Gasteiger partial charge is 0.331 e. The molecular formula is C15H13N3O3. The van der Waals surface area contributed by atoms with Gasteiger partial charge in [0.15, 0.2) is 6.19 Å². The van der Waals surface area contributed by atoms with Crippen molar-refractivity contribution in [1.82, 2.24) is 10.3 Å². The molecule has 0 spiro atoms. The van der Waals surface area contributed by atoms with Crippen molar-refractivity contribution in [2.24, 2.45) is 0 Å². The quantitative estimate of drug-likeness (QED) is 0.514. The molecule has 1 atom stereocenters. The van der Waals surface area contributed by atoms with Crippen molar-refractivity contribution in [1.29, 1.82) is 5.26 Å². The number of pyridine rings is 1. The van der Waals surface area contributed by atoms with E-state index >= 15 is 0 Å². The first-order valence-corrected chi connectivity index (χ1v) is 6.18. The number of hydrogen-bond acceptors (Lipinski definition) is 5. The maximum Gasteiger partial charge on any atom is 0.331 e. The van der Waals surface area contributed by atoms with Gasteiger partial charge in [-0.1, -0.05) is 24.3 Å². The van der Waals surface area contributed by atoms with Crippen LogP contribution in [0.4, 0.5) is 0 Å². The summed E-state index contributed by atoms with van der Waals surface area (Å²) in [6, 6.07) is 13.7. The summed E-state index contributed by atoms with van der Waals surface area (Å²) in [5.41, 5.74) is 0. The maximum absolute atomic E-state index is 12.1. The van der Waals surface area contributed by atoms with Crippen molar-refractivity contribution >= 4 is 5.91 Å². The van der Waals surface area contributed by atoms with E-state index in [2.05, 4.69) is 4.98 Å². The van der Waals surface area contributed by atoms with Crippen LogP contribution >= 0.6 is 0 Å². The first-order valence-electron chi connectivity index (χ1n) is 6.18. The summed E-state index contributed by atoms with van der Waals surface area (Å²) in [7, 11) is 0. The molecule has 1 unspecified atom stereocenters. The first-order chi connectivity index (χ1) is 10.1. The van der Waals surface area contributed by atoms with Gasteiger partial charge in [0.25, 0.3) is 0 Å². The number of benzene rings is 1. The minimum absolute atomic E-state index is 0.212. The van der Waals surface area contributed by atoms with Gasteiger partial charge in [-0.2, -0.15) is 5.26 Å². The van der Waals surface area contributed by atoms with E-state index in [1.54, 1.807) is 48.7 Å². The SMILES string of the molecule is CC(Oc1ccccc1)(Oc1ccccn1)C(=O)NC#N. The molecule has 0 aliphatic rings. The number of carbonyl (C=O) groups excluding carboxylic acids is 1. The number of hydrogen-bond donors (Lipinski definition) is 1. The Bertz CT molecular complexity index is 597. The number of ether oxygens (including phenoxy) is 2. The molecule has 2 rings (SSSR count). The summed E-state index contributed by atoms with van der Waals surface area (Å²) in [6.07, 6.45) is 3.09. The van der Waals surface area contributed by atoms with E-state index in [0.29, 0.717) is 5.75 Å². The van der Waals surface area contributed by atoms with E-state index in [4.69, 9.17) is 14.7 Å². The highest BCUT2D eigenvalue weighted by atomic mass is 16.7. The first kappa shape index (κ1) is 14.3. The number of amides is 1. The lowest BCUT2D eigenvalue weighted by Crippen LogP contribution is -2.52. The highest BCUT2D eigenvalue weighted by molar-refractivity contribution is 5.85. The predicted octanol–water partition coefficient (Wildman–Crippen LogP) is 1.85. The van der Waals surface area contributed by atoms with E-state index in [-0.39, 0.29) is 5.88 Å². The molecule has 21 heavy (non-hydrogen) atoms. The van der Waals surface area contributed by atoms with Gasteiger partial charge >= 0.3 is 11.7 Å². The standard InChI is InChI=1S/C15H13N3O3/c1-15(14(19)18-11-16,20-12-7-3-2-4-8-12)21-13-9-5-6-10-17-13/h2-10H,1H3,(H,18,19). The highest BCUT2D eigenvalue weighted by Crippen LogP contribution is 2.21. The van der Waals surface area contributed by atoms with Crippen molar-refractivity contribution in [2.75, 3.05) is 0 Å². The largest absolute Gasteiger partial charge is 0.444 e. The summed E-state index contributed by atoms with van der Waals surface area (Å²) >= 11 is 0. The third-order valence-electron chi connectivity index (χ3n) is 2.57. The molecule has 1 N–H and O–H groups in total. The van der Waals surface area contributed by atoms with Crippen LogP contribution in [0, 0.1) is 11.5 Å². The molecule has 0 fully saturated rings. The summed E-state index contributed by atoms with van der Waals surface area (Å²) < 4.78 is 11.1. The average molecular weight is 283 g/mol. The van der Waals surface area contributed by atoms with Gasteiger partial charge < -0.3 is 9.47 Å². The van der Waals surface area contributed by atoms with E-state index in [9.17, 15) is 4.79 Å². The Labute approximate surface area is 121 Å². The van der Waals surface area contributed by atoms with Gasteiger partial charge in [-0.05, 0) is 18.2 Å². The molecule has 0 aliphatic heterocycles. The van der Waals surface area contributed by atoms with E-state index in [1.165, 1.54) is 13.1 Å². The number of nitriles is 1. The number of aromatic nitrogens is 1. The molecule has 1 heterocycles. The lowest BCUT2D eigenvalue weighted by atomic mass is 10.2. The summed E-state index contributed by atoms with van der Waals surface area (Å²) in [6.45, 7) is 1.42. The number of para-hydroxylation sites is 1. The van der Waals surface area contributed by atoms with Crippen LogP contribution in [0.5, 0.6) is 11.6 Å². The second kappa shape index (κ2) is 6.39. The number of nitrogens with one attached hydrogen (secondary N) is 1. The van der Waals surface area contributed by atoms with Crippen molar-refractivity contribution in [2.45, 2.75) is 12.7 Å². The molecular weight excluding hydrogens is 270 g/mol. The molecule has 106 valence electrons. The van der Waals surface area contributed by atoms with Gasteiger partial charge in [-0.15, -0.1) is 0 Å². The van der Waals surface area contributed by atoms with E-state index in [0.717, 1.165) is 0 Å². The number of nitrogens with zero attached hydrogens (tertiary/aromatic N) is 2. The lowest BCUT2D eigenvalue weighted by Gasteiger charge is -2.28. The Morgan fingerprint density at radius 1 is 1.19 bits per heavy atom. The van der Waals surface area contributed by atoms with Crippen LogP contribution in [0.2, 0.25) is 0 Å². The third-order valence-corrected chi connectivity index (χ3v) is 2.57. The average Bonchev–Trinajstić information content (AvgIpc) is 2.49. The van der Waals surface area contributed by atoms with Crippen LogP contribution in [-0.2, 0) is 4.79 Å². The fraction of sp³-hybridized carbons (Fsp3) is 0.133. The Balaban J connectivity index is 2.26. The molecule has 0 radical (unpaired) electrons. The van der Waals surface area contributed by atoms with Crippen molar-refractivity contribution in [3.05, 3.63) is 54.7 Å².